The molecule has 5 heterocycles. The van der Waals surface area contributed by atoms with Crippen LogP contribution < -0.4 is 4.90 Å². The molecular weight excluding hydrogens is 400 g/mol. The number of anilines is 1. The molecule has 2 saturated heterocycles. The van der Waals surface area contributed by atoms with E-state index in [4.69, 9.17) is 21.7 Å². The lowest BCUT2D eigenvalue weighted by atomic mass is 9.98. The summed E-state index contributed by atoms with van der Waals surface area (Å²) in [4.78, 5) is 26.4. The summed E-state index contributed by atoms with van der Waals surface area (Å²) in [6.07, 6.45) is 10.6. The van der Waals surface area contributed by atoms with Gasteiger partial charge in [-0.25, -0.2) is 9.50 Å². The molecule has 1 amide bonds. The number of hydrogen-bond acceptors (Lipinski definition) is 5. The van der Waals surface area contributed by atoms with Crippen LogP contribution >= 0.6 is 11.6 Å². The maximum absolute atomic E-state index is 13.2. The molecule has 8 heteroatoms. The first kappa shape index (κ1) is 19.3. The first-order valence-corrected chi connectivity index (χ1v) is 11.0. The van der Waals surface area contributed by atoms with E-state index in [0.717, 1.165) is 55.1 Å². The van der Waals surface area contributed by atoms with Gasteiger partial charge in [0, 0.05) is 49.9 Å². The summed E-state index contributed by atoms with van der Waals surface area (Å²) in [6, 6.07) is 3.65. The van der Waals surface area contributed by atoms with Gasteiger partial charge in [0.15, 0.2) is 5.65 Å². The standard InChI is InChI=1S/C22H25ClN6O/c1-15-14-29-20(25-21(15)27-7-4-5-8-27)11-18(26-29)19-6-2-3-9-28(19)22(30)16-10-17(23)13-24-12-16/h10-14,19H,2-9H2,1H3. The van der Waals surface area contributed by atoms with Crippen molar-refractivity contribution >= 4 is 29.0 Å². The van der Waals surface area contributed by atoms with Crippen molar-refractivity contribution in [1.82, 2.24) is 24.5 Å². The summed E-state index contributed by atoms with van der Waals surface area (Å²) >= 11 is 6.06. The first-order valence-electron chi connectivity index (χ1n) is 10.6. The van der Waals surface area contributed by atoms with Crippen LogP contribution in [0.15, 0.2) is 30.7 Å². The van der Waals surface area contributed by atoms with Crippen molar-refractivity contribution < 1.29 is 4.79 Å². The van der Waals surface area contributed by atoms with E-state index in [2.05, 4.69) is 23.0 Å². The topological polar surface area (TPSA) is 66.6 Å². The number of halogens is 1. The third-order valence-corrected chi connectivity index (χ3v) is 6.29. The van der Waals surface area contributed by atoms with Gasteiger partial charge < -0.3 is 9.80 Å². The Morgan fingerprint density at radius 3 is 2.70 bits per heavy atom. The second-order valence-corrected chi connectivity index (χ2v) is 8.65. The number of carbonyl (C=O) groups is 1. The molecule has 3 aromatic rings. The zero-order valence-electron chi connectivity index (χ0n) is 17.1. The van der Waals surface area contributed by atoms with Gasteiger partial charge in [-0.2, -0.15) is 5.10 Å². The first-order chi connectivity index (χ1) is 14.6. The Kier molecular flexibility index (Phi) is 5.06. The lowest BCUT2D eigenvalue weighted by molar-refractivity contribution is 0.0605. The average molecular weight is 425 g/mol. The monoisotopic (exact) mass is 424 g/mol. The molecule has 0 radical (unpaired) electrons. The van der Waals surface area contributed by atoms with E-state index in [1.807, 2.05) is 15.5 Å². The molecule has 156 valence electrons. The maximum atomic E-state index is 13.2. The van der Waals surface area contributed by atoms with Crippen LogP contribution in [0.5, 0.6) is 0 Å². The summed E-state index contributed by atoms with van der Waals surface area (Å²) in [5, 5.41) is 5.28. The molecule has 3 aromatic heterocycles. The molecule has 0 aliphatic carbocycles. The normalized spacial score (nSPS) is 19.6. The maximum Gasteiger partial charge on any atom is 0.256 e. The third-order valence-electron chi connectivity index (χ3n) is 6.09. The van der Waals surface area contributed by atoms with Crippen molar-refractivity contribution in [3.63, 3.8) is 0 Å². The Labute approximate surface area is 180 Å². The number of rotatable bonds is 3. The van der Waals surface area contributed by atoms with E-state index >= 15 is 0 Å². The predicted octanol–water partition coefficient (Wildman–Crippen LogP) is 4.05. The molecule has 0 saturated carbocycles. The lowest BCUT2D eigenvalue weighted by Gasteiger charge is -2.34. The number of hydrogen-bond donors (Lipinski definition) is 0. The molecule has 0 N–H and O–H groups in total. The number of aromatic nitrogens is 4. The van der Waals surface area contributed by atoms with Gasteiger partial charge in [0.25, 0.3) is 5.91 Å². The van der Waals surface area contributed by atoms with Crippen LogP contribution in [0.2, 0.25) is 5.02 Å². The second kappa shape index (κ2) is 7.87. The van der Waals surface area contributed by atoms with Crippen LogP contribution in [0.1, 0.15) is 59.8 Å². The van der Waals surface area contributed by atoms with Crippen LogP contribution in [0.3, 0.4) is 0 Å². The number of nitrogens with zero attached hydrogens (tertiary/aromatic N) is 6. The Hall–Kier alpha value is -2.67. The van der Waals surface area contributed by atoms with Crippen molar-refractivity contribution in [2.45, 2.75) is 45.1 Å². The van der Waals surface area contributed by atoms with Gasteiger partial charge in [0.1, 0.15) is 5.82 Å². The van der Waals surface area contributed by atoms with Crippen molar-refractivity contribution in [2.24, 2.45) is 0 Å². The summed E-state index contributed by atoms with van der Waals surface area (Å²) in [7, 11) is 0. The van der Waals surface area contributed by atoms with Crippen molar-refractivity contribution in [3.8, 4) is 0 Å². The molecule has 2 aliphatic heterocycles. The average Bonchev–Trinajstić information content (AvgIpc) is 3.42. The van der Waals surface area contributed by atoms with Gasteiger partial charge >= 0.3 is 0 Å². The second-order valence-electron chi connectivity index (χ2n) is 8.22. The van der Waals surface area contributed by atoms with E-state index in [9.17, 15) is 4.79 Å². The highest BCUT2D eigenvalue weighted by Crippen LogP contribution is 2.33. The molecule has 1 unspecified atom stereocenters. The summed E-state index contributed by atoms with van der Waals surface area (Å²) < 4.78 is 1.85. The fourth-order valence-corrected chi connectivity index (χ4v) is 4.78. The molecule has 5 rings (SSSR count). The molecule has 30 heavy (non-hydrogen) atoms. The van der Waals surface area contributed by atoms with E-state index in [1.165, 1.54) is 12.8 Å². The molecule has 0 aromatic carbocycles. The number of aryl methyl sites for hydroxylation is 1. The van der Waals surface area contributed by atoms with Crippen molar-refractivity contribution in [2.75, 3.05) is 24.5 Å². The Balaban J connectivity index is 1.48. The molecule has 0 spiro atoms. The van der Waals surface area contributed by atoms with E-state index in [0.29, 0.717) is 17.1 Å². The summed E-state index contributed by atoms with van der Waals surface area (Å²) in [5.74, 6) is 1.00. The Bertz CT molecular complexity index is 1090. The largest absolute Gasteiger partial charge is 0.356 e. The quantitative estimate of drug-likeness (QED) is 0.634. The van der Waals surface area contributed by atoms with Gasteiger partial charge in [0.2, 0.25) is 0 Å². The fourth-order valence-electron chi connectivity index (χ4n) is 4.61. The van der Waals surface area contributed by atoms with E-state index in [1.54, 1.807) is 18.5 Å². The van der Waals surface area contributed by atoms with Gasteiger partial charge in [-0.1, -0.05) is 11.6 Å². The van der Waals surface area contributed by atoms with Gasteiger partial charge in [-0.05, 0) is 45.1 Å². The van der Waals surface area contributed by atoms with Crippen LogP contribution in [0, 0.1) is 6.92 Å². The zero-order valence-corrected chi connectivity index (χ0v) is 17.8. The summed E-state index contributed by atoms with van der Waals surface area (Å²) in [6.45, 7) is 4.91. The fraction of sp³-hybridized carbons (Fsp3) is 0.455. The number of fused-ring (bicyclic) bond motifs is 1. The zero-order chi connectivity index (χ0) is 20.7. The predicted molar refractivity (Wildman–Crippen MR) is 116 cm³/mol. The number of pyridine rings is 1. The van der Waals surface area contributed by atoms with Gasteiger partial charge in [0.05, 0.1) is 22.3 Å². The molecule has 7 nitrogen and oxygen atoms in total. The SMILES string of the molecule is Cc1cn2nc(C3CCCCN3C(=O)c3cncc(Cl)c3)cc2nc1N1CCCC1. The Morgan fingerprint density at radius 2 is 1.90 bits per heavy atom. The number of carbonyl (C=O) groups excluding carboxylic acids is 1. The van der Waals surface area contributed by atoms with E-state index in [-0.39, 0.29) is 11.9 Å². The van der Waals surface area contributed by atoms with Crippen LogP contribution in [0.4, 0.5) is 5.82 Å². The molecule has 1 atom stereocenters. The van der Waals surface area contributed by atoms with Gasteiger partial charge in [-0.15, -0.1) is 0 Å². The minimum Gasteiger partial charge on any atom is -0.356 e. The lowest BCUT2D eigenvalue weighted by Crippen LogP contribution is -2.38. The summed E-state index contributed by atoms with van der Waals surface area (Å²) in [5.41, 5.74) is 3.37. The number of piperidine rings is 1. The van der Waals surface area contributed by atoms with Crippen molar-refractivity contribution in [3.05, 3.63) is 52.6 Å². The van der Waals surface area contributed by atoms with Crippen LogP contribution in [0.25, 0.3) is 5.65 Å². The van der Waals surface area contributed by atoms with E-state index < -0.39 is 0 Å². The molecule has 2 fully saturated rings. The molecular formula is C22H25ClN6O. The Morgan fingerprint density at radius 1 is 1.10 bits per heavy atom. The molecule has 2 aliphatic rings. The number of likely N-dealkylation sites (tertiary alicyclic amines) is 1. The minimum absolute atomic E-state index is 0.0475. The third kappa shape index (κ3) is 3.51. The number of amides is 1. The molecule has 0 bridgehead atoms. The highest BCUT2D eigenvalue weighted by atomic mass is 35.5. The smallest absolute Gasteiger partial charge is 0.256 e. The minimum atomic E-state index is -0.0672. The van der Waals surface area contributed by atoms with Crippen LogP contribution in [-0.2, 0) is 0 Å². The highest BCUT2D eigenvalue weighted by molar-refractivity contribution is 6.30. The van der Waals surface area contributed by atoms with Crippen molar-refractivity contribution in [1.29, 1.82) is 0 Å². The van der Waals surface area contributed by atoms with Crippen LogP contribution in [-0.4, -0.2) is 50.0 Å². The highest BCUT2D eigenvalue weighted by Gasteiger charge is 2.31. The van der Waals surface area contributed by atoms with Gasteiger partial charge in [-0.3, -0.25) is 9.78 Å².